The van der Waals surface area contributed by atoms with Crippen LogP contribution in [0, 0.1) is 10.1 Å². The third-order valence-electron chi connectivity index (χ3n) is 2.87. The normalized spacial score (nSPS) is 12.3. The number of aliphatic carboxylic acids is 1. The molecule has 0 radical (unpaired) electrons. The van der Waals surface area contributed by atoms with E-state index in [9.17, 15) is 37.7 Å². The molecule has 1 atom stereocenters. The molecule has 2 amide bonds. The highest BCUT2D eigenvalue weighted by Crippen LogP contribution is 2.30. The predicted octanol–water partition coefficient (Wildman–Crippen LogP) is 1.31. The first-order valence-electron chi connectivity index (χ1n) is 6.70. The number of hydrogen-bond acceptors (Lipinski definition) is 6. The Hall–Kier alpha value is -2.83. The molecule has 4 N–H and O–H groups in total. The summed E-state index contributed by atoms with van der Waals surface area (Å²) in [6.07, 6.45) is -6.56. The molecule has 0 aliphatic carbocycles. The number of carboxylic acids is 1. The molecule has 0 aliphatic heterocycles. The van der Waals surface area contributed by atoms with E-state index in [1.165, 1.54) is 6.07 Å². The van der Waals surface area contributed by atoms with Crippen LogP contribution in [-0.4, -0.2) is 45.8 Å². The van der Waals surface area contributed by atoms with Gasteiger partial charge in [-0.05, 0) is 12.1 Å². The van der Waals surface area contributed by atoms with Crippen LogP contribution in [0.3, 0.4) is 0 Å². The van der Waals surface area contributed by atoms with Gasteiger partial charge in [-0.1, -0.05) is 0 Å². The van der Waals surface area contributed by atoms with Crippen molar-refractivity contribution >= 4 is 35.2 Å². The summed E-state index contributed by atoms with van der Waals surface area (Å²) in [6, 6.07) is 1.06. The molecule has 0 heterocycles. The largest absolute Gasteiger partial charge is 0.480 e. The number of benzene rings is 1. The molecule has 0 saturated heterocycles. The number of carbonyl (C=O) groups is 3. The van der Waals surface area contributed by atoms with E-state index < -0.39 is 52.8 Å². The van der Waals surface area contributed by atoms with Gasteiger partial charge in [-0.2, -0.15) is 13.2 Å². The number of nitro groups is 1. The second-order valence-electron chi connectivity index (χ2n) is 4.87. The standard InChI is InChI=1S/C13H12F3N3O6S/c14-13(15,16)4-7(12(22)23)18-10(20)5-26-9-2-1-6(11(17)21)3-8(9)19(24)25/h1-3,7H,4-5H2,(H2,17,21)(H,18,20)(H,22,23). The van der Waals surface area contributed by atoms with Crippen LogP contribution in [0.15, 0.2) is 23.1 Å². The van der Waals surface area contributed by atoms with Gasteiger partial charge in [-0.3, -0.25) is 19.7 Å². The smallest absolute Gasteiger partial charge is 0.391 e. The molecule has 13 heteroatoms. The topological polar surface area (TPSA) is 153 Å². The van der Waals surface area contributed by atoms with Crippen molar-refractivity contribution in [1.29, 1.82) is 0 Å². The van der Waals surface area contributed by atoms with E-state index in [2.05, 4.69) is 0 Å². The fourth-order valence-corrected chi connectivity index (χ4v) is 2.56. The number of halogens is 3. The molecule has 9 nitrogen and oxygen atoms in total. The number of nitro benzene ring substituents is 1. The van der Waals surface area contributed by atoms with E-state index in [0.717, 1.165) is 12.1 Å². The van der Waals surface area contributed by atoms with E-state index in [4.69, 9.17) is 10.8 Å². The SMILES string of the molecule is NC(=O)c1ccc(SCC(=O)NC(CC(F)(F)F)C(=O)O)c([N+](=O)[O-])c1. The number of primary amides is 1. The monoisotopic (exact) mass is 395 g/mol. The Morgan fingerprint density at radius 2 is 1.96 bits per heavy atom. The summed E-state index contributed by atoms with van der Waals surface area (Å²) in [5.74, 6) is -4.39. The Balaban J connectivity index is 2.82. The van der Waals surface area contributed by atoms with Gasteiger partial charge < -0.3 is 16.2 Å². The number of nitrogens with zero attached hydrogens (tertiary/aromatic N) is 1. The van der Waals surface area contributed by atoms with Crippen LogP contribution in [0.4, 0.5) is 18.9 Å². The number of nitrogens with two attached hydrogens (primary N) is 1. The number of alkyl halides is 3. The zero-order chi connectivity index (χ0) is 20.1. The number of carbonyl (C=O) groups excluding carboxylic acids is 2. The van der Waals surface area contributed by atoms with E-state index in [0.29, 0.717) is 11.8 Å². The highest BCUT2D eigenvalue weighted by atomic mass is 32.2. The lowest BCUT2D eigenvalue weighted by atomic mass is 10.2. The summed E-state index contributed by atoms with van der Waals surface area (Å²) in [7, 11) is 0. The van der Waals surface area contributed by atoms with E-state index >= 15 is 0 Å². The maximum absolute atomic E-state index is 12.3. The van der Waals surface area contributed by atoms with E-state index in [1.807, 2.05) is 0 Å². The van der Waals surface area contributed by atoms with Gasteiger partial charge in [0.1, 0.15) is 6.04 Å². The Morgan fingerprint density at radius 3 is 2.42 bits per heavy atom. The molecular weight excluding hydrogens is 383 g/mol. The van der Waals surface area contributed by atoms with Crippen molar-refractivity contribution in [2.24, 2.45) is 5.73 Å². The summed E-state index contributed by atoms with van der Waals surface area (Å²) >= 11 is 0.596. The second-order valence-corrected chi connectivity index (χ2v) is 5.89. The third kappa shape index (κ3) is 6.58. The minimum atomic E-state index is -4.80. The van der Waals surface area contributed by atoms with E-state index in [-0.39, 0.29) is 10.5 Å². The van der Waals surface area contributed by atoms with Crippen LogP contribution in [0.2, 0.25) is 0 Å². The van der Waals surface area contributed by atoms with Crippen molar-refractivity contribution in [2.75, 3.05) is 5.75 Å². The van der Waals surface area contributed by atoms with Gasteiger partial charge >= 0.3 is 12.1 Å². The molecule has 1 unspecified atom stereocenters. The van der Waals surface area contributed by atoms with Crippen molar-refractivity contribution in [3.63, 3.8) is 0 Å². The number of thioether (sulfide) groups is 1. The first kappa shape index (κ1) is 21.2. The van der Waals surface area contributed by atoms with Gasteiger partial charge in [0, 0.05) is 11.6 Å². The molecule has 1 rings (SSSR count). The average molecular weight is 395 g/mol. The molecule has 1 aromatic carbocycles. The molecule has 0 bridgehead atoms. The fraction of sp³-hybridized carbons (Fsp3) is 0.308. The van der Waals surface area contributed by atoms with Gasteiger partial charge in [-0.15, -0.1) is 11.8 Å². The highest BCUT2D eigenvalue weighted by molar-refractivity contribution is 8.00. The number of hydrogen-bond donors (Lipinski definition) is 3. The van der Waals surface area contributed by atoms with Crippen LogP contribution in [0.1, 0.15) is 16.8 Å². The molecule has 0 saturated carbocycles. The average Bonchev–Trinajstić information content (AvgIpc) is 2.50. The molecule has 0 aliphatic rings. The fourth-order valence-electron chi connectivity index (χ4n) is 1.75. The van der Waals surface area contributed by atoms with Gasteiger partial charge in [-0.25, -0.2) is 4.79 Å². The van der Waals surface area contributed by atoms with Crippen LogP contribution >= 0.6 is 11.8 Å². The maximum Gasteiger partial charge on any atom is 0.391 e. The Morgan fingerprint density at radius 1 is 1.35 bits per heavy atom. The summed E-state index contributed by atoms with van der Waals surface area (Å²) in [4.78, 5) is 43.6. The van der Waals surface area contributed by atoms with Crippen LogP contribution in [0.5, 0.6) is 0 Å². The van der Waals surface area contributed by atoms with E-state index in [1.54, 1.807) is 5.32 Å². The van der Waals surface area contributed by atoms with Crippen molar-refractivity contribution in [3.8, 4) is 0 Å². The predicted molar refractivity (Wildman–Crippen MR) is 82.6 cm³/mol. The number of amides is 2. The highest BCUT2D eigenvalue weighted by Gasteiger charge is 2.36. The van der Waals surface area contributed by atoms with Crippen LogP contribution in [-0.2, 0) is 9.59 Å². The Bertz CT molecular complexity index is 740. The van der Waals surface area contributed by atoms with Crippen molar-refractivity contribution < 1.29 is 37.6 Å². The Labute approximate surface area is 147 Å². The molecule has 1 aromatic rings. The minimum Gasteiger partial charge on any atom is -0.480 e. The van der Waals surface area contributed by atoms with Gasteiger partial charge in [0.15, 0.2) is 0 Å². The van der Waals surface area contributed by atoms with Crippen molar-refractivity contribution in [3.05, 3.63) is 33.9 Å². The third-order valence-corrected chi connectivity index (χ3v) is 3.93. The van der Waals surface area contributed by atoms with Gasteiger partial charge in [0.05, 0.1) is 22.0 Å². The molecule has 0 spiro atoms. The lowest BCUT2D eigenvalue weighted by Gasteiger charge is -2.16. The lowest BCUT2D eigenvalue weighted by Crippen LogP contribution is -2.44. The zero-order valence-electron chi connectivity index (χ0n) is 12.8. The first-order valence-corrected chi connectivity index (χ1v) is 7.69. The zero-order valence-corrected chi connectivity index (χ0v) is 13.6. The van der Waals surface area contributed by atoms with Gasteiger partial charge in [0.2, 0.25) is 11.8 Å². The van der Waals surface area contributed by atoms with Crippen LogP contribution < -0.4 is 11.1 Å². The summed E-state index contributed by atoms with van der Waals surface area (Å²) < 4.78 is 36.8. The first-order chi connectivity index (χ1) is 11.9. The van der Waals surface area contributed by atoms with Crippen molar-refractivity contribution in [2.45, 2.75) is 23.5 Å². The molecular formula is C13H12F3N3O6S. The molecule has 142 valence electrons. The summed E-state index contributed by atoms with van der Waals surface area (Å²) in [6.45, 7) is 0. The maximum atomic E-state index is 12.3. The Kier molecular flexibility index (Phi) is 6.94. The number of nitrogens with one attached hydrogen (secondary N) is 1. The minimum absolute atomic E-state index is 0.0437. The summed E-state index contributed by atoms with van der Waals surface area (Å²) in [5.41, 5.74) is 4.35. The molecule has 26 heavy (non-hydrogen) atoms. The lowest BCUT2D eigenvalue weighted by molar-refractivity contribution is -0.387. The van der Waals surface area contributed by atoms with Gasteiger partial charge in [0.25, 0.3) is 5.69 Å². The quantitative estimate of drug-likeness (QED) is 0.341. The molecule has 0 fully saturated rings. The number of carboxylic acid groups (broad SMARTS) is 1. The van der Waals surface area contributed by atoms with Crippen molar-refractivity contribution in [1.82, 2.24) is 5.32 Å². The summed E-state index contributed by atoms with van der Waals surface area (Å²) in [5, 5.41) is 21.4. The number of rotatable bonds is 8. The van der Waals surface area contributed by atoms with Crippen LogP contribution in [0.25, 0.3) is 0 Å². The molecule has 0 aromatic heterocycles. The second kappa shape index (κ2) is 8.51.